The highest BCUT2D eigenvalue weighted by Gasteiger charge is 2.30. The maximum atomic E-state index is 6.01. The highest BCUT2D eigenvalue weighted by Crippen LogP contribution is 2.22. The first kappa shape index (κ1) is 15.2. The molecule has 0 unspecified atom stereocenters. The summed E-state index contributed by atoms with van der Waals surface area (Å²) in [6, 6.07) is 0. The average Bonchev–Trinajstić information content (AvgIpc) is 2.92. The molecule has 0 spiro atoms. The Morgan fingerprint density at radius 3 is 2.44 bits per heavy atom. The zero-order valence-electron chi connectivity index (χ0n) is 12.1. The topological polar surface area (TPSA) is 47.1 Å². The molecule has 4 heteroatoms. The van der Waals surface area contributed by atoms with Crippen molar-refractivity contribution in [3.05, 3.63) is 18.7 Å². The van der Waals surface area contributed by atoms with Crippen molar-refractivity contribution in [2.45, 2.75) is 52.1 Å². The van der Waals surface area contributed by atoms with E-state index in [2.05, 4.69) is 35.2 Å². The third-order valence-corrected chi connectivity index (χ3v) is 4.15. The number of rotatable bonds is 9. The van der Waals surface area contributed by atoms with E-state index in [0.717, 1.165) is 45.4 Å². The van der Waals surface area contributed by atoms with Gasteiger partial charge < -0.3 is 10.3 Å². The molecule has 0 aromatic carbocycles. The molecule has 1 aromatic heterocycles. The number of aryl methyl sites for hydroxylation is 1. The van der Waals surface area contributed by atoms with Crippen LogP contribution in [0.5, 0.6) is 0 Å². The molecule has 1 heterocycles. The minimum Gasteiger partial charge on any atom is -0.337 e. The van der Waals surface area contributed by atoms with Gasteiger partial charge in [0.25, 0.3) is 0 Å². The molecule has 0 bridgehead atoms. The first-order chi connectivity index (χ1) is 8.72. The van der Waals surface area contributed by atoms with Crippen LogP contribution in [0.15, 0.2) is 18.7 Å². The van der Waals surface area contributed by atoms with Crippen molar-refractivity contribution in [1.82, 2.24) is 14.5 Å². The number of imidazole rings is 1. The van der Waals surface area contributed by atoms with Crippen molar-refractivity contribution in [3.8, 4) is 0 Å². The molecule has 2 N–H and O–H groups in total. The zero-order valence-corrected chi connectivity index (χ0v) is 12.1. The molecule has 104 valence electrons. The van der Waals surface area contributed by atoms with Crippen LogP contribution in [0.3, 0.4) is 0 Å². The van der Waals surface area contributed by atoms with Gasteiger partial charge in [-0.3, -0.25) is 4.90 Å². The number of hydrogen-bond donors (Lipinski definition) is 1. The van der Waals surface area contributed by atoms with Crippen molar-refractivity contribution < 1.29 is 0 Å². The van der Waals surface area contributed by atoms with E-state index in [0.29, 0.717) is 0 Å². The average molecular weight is 252 g/mol. The van der Waals surface area contributed by atoms with E-state index in [4.69, 9.17) is 5.73 Å². The minimum absolute atomic E-state index is 0.184. The molecule has 0 aliphatic heterocycles. The zero-order chi connectivity index (χ0) is 13.4. The molecule has 0 radical (unpaired) electrons. The highest BCUT2D eigenvalue weighted by molar-refractivity contribution is 4.89. The van der Waals surface area contributed by atoms with Crippen molar-refractivity contribution >= 4 is 0 Å². The largest absolute Gasteiger partial charge is 0.337 e. The van der Waals surface area contributed by atoms with Gasteiger partial charge >= 0.3 is 0 Å². The van der Waals surface area contributed by atoms with Crippen LogP contribution in [0, 0.1) is 0 Å². The lowest BCUT2D eigenvalue weighted by atomic mass is 9.90. The van der Waals surface area contributed by atoms with E-state index in [9.17, 15) is 0 Å². The fourth-order valence-corrected chi connectivity index (χ4v) is 2.71. The van der Waals surface area contributed by atoms with Gasteiger partial charge in [0.15, 0.2) is 0 Å². The van der Waals surface area contributed by atoms with E-state index < -0.39 is 0 Å². The summed E-state index contributed by atoms with van der Waals surface area (Å²) in [5.74, 6) is 0. The van der Waals surface area contributed by atoms with Gasteiger partial charge in [0, 0.05) is 37.6 Å². The summed E-state index contributed by atoms with van der Waals surface area (Å²) >= 11 is 0. The summed E-state index contributed by atoms with van der Waals surface area (Å²) < 4.78 is 2.13. The number of aromatic nitrogens is 2. The summed E-state index contributed by atoms with van der Waals surface area (Å²) in [4.78, 5) is 6.61. The number of nitrogens with two attached hydrogens (primary N) is 1. The second-order valence-corrected chi connectivity index (χ2v) is 4.87. The van der Waals surface area contributed by atoms with Gasteiger partial charge in [0.1, 0.15) is 0 Å². The summed E-state index contributed by atoms with van der Waals surface area (Å²) in [7, 11) is 0. The Labute approximate surface area is 111 Å². The minimum atomic E-state index is 0.184. The predicted octanol–water partition coefficient (Wildman–Crippen LogP) is 2.11. The number of nitrogens with zero attached hydrogens (tertiary/aromatic N) is 3. The second-order valence-electron chi connectivity index (χ2n) is 4.87. The first-order valence-corrected chi connectivity index (χ1v) is 7.13. The predicted molar refractivity (Wildman–Crippen MR) is 76.5 cm³/mol. The molecule has 1 aromatic rings. The van der Waals surface area contributed by atoms with Gasteiger partial charge in [-0.25, -0.2) is 4.98 Å². The van der Waals surface area contributed by atoms with E-state index >= 15 is 0 Å². The highest BCUT2D eigenvalue weighted by atomic mass is 15.2. The smallest absolute Gasteiger partial charge is 0.0945 e. The van der Waals surface area contributed by atoms with Crippen molar-refractivity contribution in [1.29, 1.82) is 0 Å². The van der Waals surface area contributed by atoms with E-state index in [-0.39, 0.29) is 5.54 Å². The molecule has 1 rings (SSSR count). The molecule has 0 aliphatic rings. The van der Waals surface area contributed by atoms with Crippen molar-refractivity contribution in [2.24, 2.45) is 5.73 Å². The van der Waals surface area contributed by atoms with Crippen LogP contribution < -0.4 is 5.73 Å². The van der Waals surface area contributed by atoms with Gasteiger partial charge in [-0.15, -0.1) is 0 Å². The van der Waals surface area contributed by atoms with Gasteiger partial charge in [-0.05, 0) is 25.8 Å². The van der Waals surface area contributed by atoms with Crippen LogP contribution in [-0.2, 0) is 6.54 Å². The Hall–Kier alpha value is -0.870. The van der Waals surface area contributed by atoms with E-state index in [1.54, 1.807) is 0 Å². The van der Waals surface area contributed by atoms with Crippen molar-refractivity contribution in [2.75, 3.05) is 19.6 Å². The lowest BCUT2D eigenvalue weighted by molar-refractivity contribution is 0.0880. The Kier molecular flexibility index (Phi) is 6.36. The van der Waals surface area contributed by atoms with Gasteiger partial charge in [-0.1, -0.05) is 20.8 Å². The molecule has 0 saturated heterocycles. The van der Waals surface area contributed by atoms with Gasteiger partial charge in [-0.2, -0.15) is 0 Å². The molecule has 0 aliphatic carbocycles. The SMILES string of the molecule is CCN(CCCn1ccnc1)C(CC)(CC)CN. The molecular weight excluding hydrogens is 224 g/mol. The Morgan fingerprint density at radius 1 is 1.28 bits per heavy atom. The fraction of sp³-hybridized carbons (Fsp3) is 0.786. The van der Waals surface area contributed by atoms with Crippen LogP contribution >= 0.6 is 0 Å². The summed E-state index contributed by atoms with van der Waals surface area (Å²) in [5, 5.41) is 0. The lowest BCUT2D eigenvalue weighted by Gasteiger charge is -2.42. The lowest BCUT2D eigenvalue weighted by Crippen LogP contribution is -2.53. The fourth-order valence-electron chi connectivity index (χ4n) is 2.71. The van der Waals surface area contributed by atoms with Gasteiger partial charge in [0.05, 0.1) is 6.33 Å². The Morgan fingerprint density at radius 2 is 2.00 bits per heavy atom. The molecular formula is C14H28N4. The first-order valence-electron chi connectivity index (χ1n) is 7.13. The van der Waals surface area contributed by atoms with E-state index in [1.807, 2.05) is 18.7 Å². The maximum Gasteiger partial charge on any atom is 0.0945 e. The van der Waals surface area contributed by atoms with Gasteiger partial charge in [0.2, 0.25) is 0 Å². The number of likely N-dealkylation sites (N-methyl/N-ethyl adjacent to an activating group) is 1. The molecule has 18 heavy (non-hydrogen) atoms. The van der Waals surface area contributed by atoms with Crippen molar-refractivity contribution in [3.63, 3.8) is 0 Å². The third-order valence-electron chi connectivity index (χ3n) is 4.15. The normalized spacial score (nSPS) is 12.3. The molecule has 4 nitrogen and oxygen atoms in total. The summed E-state index contributed by atoms with van der Waals surface area (Å²) in [6.07, 6.45) is 9.13. The third kappa shape index (κ3) is 3.56. The summed E-state index contributed by atoms with van der Waals surface area (Å²) in [5.41, 5.74) is 6.20. The second kappa shape index (κ2) is 7.54. The van der Waals surface area contributed by atoms with Crippen LogP contribution in [0.4, 0.5) is 0 Å². The maximum absolute atomic E-state index is 6.01. The quantitative estimate of drug-likeness (QED) is 0.732. The molecule has 0 fully saturated rings. The Bertz CT molecular complexity index is 295. The Balaban J connectivity index is 2.50. The monoisotopic (exact) mass is 252 g/mol. The standard InChI is InChI=1S/C14H28N4/c1-4-14(5-2,12-15)18(6-3)10-7-9-17-11-8-16-13-17/h8,11,13H,4-7,9-10,12,15H2,1-3H3. The van der Waals surface area contributed by atoms with Crippen LogP contribution in [0.2, 0.25) is 0 Å². The molecule has 0 amide bonds. The molecule has 0 atom stereocenters. The van der Waals surface area contributed by atoms with Crippen LogP contribution in [0.25, 0.3) is 0 Å². The van der Waals surface area contributed by atoms with E-state index in [1.165, 1.54) is 0 Å². The van der Waals surface area contributed by atoms with Crippen LogP contribution in [0.1, 0.15) is 40.0 Å². The summed E-state index contributed by atoms with van der Waals surface area (Å²) in [6.45, 7) is 10.7. The number of hydrogen-bond acceptors (Lipinski definition) is 3. The van der Waals surface area contributed by atoms with Crippen LogP contribution in [-0.4, -0.2) is 39.6 Å². The molecule has 0 saturated carbocycles.